The monoisotopic (exact) mass is 484 g/mol. The first-order valence-corrected chi connectivity index (χ1v) is 11.7. The molecule has 3 rings (SSSR count). The van der Waals surface area contributed by atoms with Gasteiger partial charge in [0, 0.05) is 26.6 Å². The molecule has 0 bridgehead atoms. The molecule has 0 fully saturated rings. The molecule has 0 radical (unpaired) electrons. The van der Waals surface area contributed by atoms with Crippen molar-refractivity contribution in [3.05, 3.63) is 50.4 Å². The lowest BCUT2D eigenvalue weighted by atomic mass is 10.2. The van der Waals surface area contributed by atoms with Crippen LogP contribution in [0.2, 0.25) is 0 Å². The van der Waals surface area contributed by atoms with Crippen molar-refractivity contribution < 1.29 is 19.0 Å². The van der Waals surface area contributed by atoms with E-state index in [0.29, 0.717) is 67.6 Å². The summed E-state index contributed by atoms with van der Waals surface area (Å²) in [4.78, 5) is 41.5. The Morgan fingerprint density at radius 2 is 1.80 bits per heavy atom. The number of rotatable bonds is 11. The second-order valence-corrected chi connectivity index (χ2v) is 7.78. The molecular weight excluding hydrogens is 452 g/mol. The number of benzene rings is 1. The third-order valence-corrected chi connectivity index (χ3v) is 5.61. The zero-order valence-corrected chi connectivity index (χ0v) is 20.9. The van der Waals surface area contributed by atoms with Crippen LogP contribution in [0.3, 0.4) is 0 Å². The molecule has 10 heteroatoms. The SMILES string of the molecule is CCOC(=O)CCCOc1ccc(/C=C/c2nc3c(c(=O)n(CC)c(=O)n3CC)n2C)cc1OC. The summed E-state index contributed by atoms with van der Waals surface area (Å²) in [7, 11) is 3.32. The number of esters is 1. The average Bonchev–Trinajstić information content (AvgIpc) is 3.17. The number of hydrogen-bond acceptors (Lipinski definition) is 7. The minimum Gasteiger partial charge on any atom is -0.493 e. The topological polar surface area (TPSA) is 107 Å². The highest BCUT2D eigenvalue weighted by Gasteiger charge is 2.17. The summed E-state index contributed by atoms with van der Waals surface area (Å²) in [6, 6.07) is 5.49. The molecule has 2 aromatic heterocycles. The van der Waals surface area contributed by atoms with Crippen LogP contribution in [0.4, 0.5) is 0 Å². The number of methoxy groups -OCH3 is 1. The predicted molar refractivity (Wildman–Crippen MR) is 134 cm³/mol. The zero-order valence-electron chi connectivity index (χ0n) is 20.9. The predicted octanol–water partition coefficient (Wildman–Crippen LogP) is 2.84. The Balaban J connectivity index is 1.83. The van der Waals surface area contributed by atoms with Crippen LogP contribution >= 0.6 is 0 Å². The van der Waals surface area contributed by atoms with Crippen LogP contribution in [0.25, 0.3) is 23.3 Å². The van der Waals surface area contributed by atoms with Gasteiger partial charge in [0.1, 0.15) is 5.82 Å². The highest BCUT2D eigenvalue weighted by atomic mass is 16.5. The lowest BCUT2D eigenvalue weighted by molar-refractivity contribution is -0.143. The van der Waals surface area contributed by atoms with E-state index in [9.17, 15) is 14.4 Å². The van der Waals surface area contributed by atoms with Crippen LogP contribution in [-0.4, -0.2) is 45.0 Å². The van der Waals surface area contributed by atoms with Gasteiger partial charge in [-0.15, -0.1) is 0 Å². The van der Waals surface area contributed by atoms with Crippen molar-refractivity contribution in [1.29, 1.82) is 0 Å². The number of carbonyl (C=O) groups excluding carboxylic acids is 1. The van der Waals surface area contributed by atoms with Gasteiger partial charge >= 0.3 is 11.7 Å². The molecule has 0 saturated carbocycles. The lowest BCUT2D eigenvalue weighted by Gasteiger charge is -2.11. The number of aryl methyl sites for hydroxylation is 2. The summed E-state index contributed by atoms with van der Waals surface area (Å²) >= 11 is 0. The second kappa shape index (κ2) is 11.5. The van der Waals surface area contributed by atoms with E-state index < -0.39 is 0 Å². The minimum atomic E-state index is -0.358. The summed E-state index contributed by atoms with van der Waals surface area (Å²) < 4.78 is 20.6. The summed E-state index contributed by atoms with van der Waals surface area (Å²) in [6.07, 6.45) is 4.47. The first kappa shape index (κ1) is 25.8. The number of aromatic nitrogens is 4. The van der Waals surface area contributed by atoms with Crippen LogP contribution < -0.4 is 20.7 Å². The molecule has 188 valence electrons. The third-order valence-electron chi connectivity index (χ3n) is 5.61. The molecule has 0 aliphatic rings. The van der Waals surface area contributed by atoms with Crippen molar-refractivity contribution in [2.24, 2.45) is 7.05 Å². The van der Waals surface area contributed by atoms with Gasteiger partial charge in [-0.3, -0.25) is 18.7 Å². The van der Waals surface area contributed by atoms with Crippen molar-refractivity contribution in [1.82, 2.24) is 18.7 Å². The molecule has 0 amide bonds. The molecule has 10 nitrogen and oxygen atoms in total. The fraction of sp³-hybridized carbons (Fsp3) is 0.440. The Labute approximate surface area is 203 Å². The van der Waals surface area contributed by atoms with Gasteiger partial charge in [-0.25, -0.2) is 9.78 Å². The van der Waals surface area contributed by atoms with Crippen molar-refractivity contribution in [2.75, 3.05) is 20.3 Å². The highest BCUT2D eigenvalue weighted by Crippen LogP contribution is 2.29. The van der Waals surface area contributed by atoms with E-state index in [1.807, 2.05) is 25.1 Å². The quantitative estimate of drug-likeness (QED) is 0.304. The van der Waals surface area contributed by atoms with Crippen molar-refractivity contribution in [3.63, 3.8) is 0 Å². The van der Waals surface area contributed by atoms with Crippen LogP contribution in [0, 0.1) is 0 Å². The summed E-state index contributed by atoms with van der Waals surface area (Å²) in [6.45, 7) is 6.83. The first-order chi connectivity index (χ1) is 16.9. The van der Waals surface area contributed by atoms with Gasteiger partial charge in [0.05, 0.1) is 20.3 Å². The summed E-state index contributed by atoms with van der Waals surface area (Å²) in [5.41, 5.74) is 0.893. The summed E-state index contributed by atoms with van der Waals surface area (Å²) in [5.74, 6) is 1.43. The van der Waals surface area contributed by atoms with Crippen LogP contribution in [0.1, 0.15) is 45.0 Å². The number of nitrogens with zero attached hydrogens (tertiary/aromatic N) is 4. The minimum absolute atomic E-state index is 0.241. The smallest absolute Gasteiger partial charge is 0.332 e. The molecule has 0 N–H and O–H groups in total. The normalized spacial score (nSPS) is 11.3. The molecule has 2 heterocycles. The highest BCUT2D eigenvalue weighted by molar-refractivity contribution is 5.77. The lowest BCUT2D eigenvalue weighted by Crippen LogP contribution is -2.39. The van der Waals surface area contributed by atoms with Crippen LogP contribution in [0.15, 0.2) is 27.8 Å². The van der Waals surface area contributed by atoms with Crippen molar-refractivity contribution in [2.45, 2.75) is 46.7 Å². The van der Waals surface area contributed by atoms with E-state index in [4.69, 9.17) is 14.2 Å². The van der Waals surface area contributed by atoms with Gasteiger partial charge in [-0.05, 0) is 51.0 Å². The Morgan fingerprint density at radius 1 is 1.06 bits per heavy atom. The molecular formula is C25H32N4O6. The molecule has 0 aliphatic carbocycles. The van der Waals surface area contributed by atoms with Crippen LogP contribution in [0.5, 0.6) is 11.5 Å². The molecule has 0 spiro atoms. The second-order valence-electron chi connectivity index (χ2n) is 7.78. The van der Waals surface area contributed by atoms with Crippen molar-refractivity contribution in [3.8, 4) is 11.5 Å². The maximum atomic E-state index is 12.9. The Bertz CT molecular complexity index is 1350. The molecule has 1 aromatic carbocycles. The third kappa shape index (κ3) is 5.47. The van der Waals surface area contributed by atoms with Gasteiger partial charge in [0.25, 0.3) is 5.56 Å². The Kier molecular flexibility index (Phi) is 8.51. The molecule has 3 aromatic rings. The van der Waals surface area contributed by atoms with Gasteiger partial charge in [0.15, 0.2) is 22.7 Å². The number of imidazole rings is 1. The fourth-order valence-corrected chi connectivity index (χ4v) is 3.80. The number of fused-ring (bicyclic) bond motifs is 1. The van der Waals surface area contributed by atoms with E-state index in [-0.39, 0.29) is 17.2 Å². The zero-order chi connectivity index (χ0) is 25.5. The summed E-state index contributed by atoms with van der Waals surface area (Å²) in [5, 5.41) is 0. The van der Waals surface area contributed by atoms with E-state index in [1.54, 1.807) is 44.7 Å². The van der Waals surface area contributed by atoms with Gasteiger partial charge in [-0.1, -0.05) is 12.1 Å². The first-order valence-electron chi connectivity index (χ1n) is 11.7. The van der Waals surface area contributed by atoms with E-state index in [2.05, 4.69) is 4.98 Å². The number of carbonyl (C=O) groups is 1. The Morgan fingerprint density at radius 3 is 2.46 bits per heavy atom. The van der Waals surface area contributed by atoms with Crippen LogP contribution in [-0.2, 0) is 29.7 Å². The standard InChI is InChI=1S/C25H32N4O6/c1-6-28-23-22(24(31)29(7-2)25(28)32)27(4)20(26-23)14-12-17-11-13-18(19(16-17)33-5)35-15-9-10-21(30)34-8-3/h11-14,16H,6-10,15H2,1-5H3/b14-12+. The maximum absolute atomic E-state index is 12.9. The van der Waals surface area contributed by atoms with Crippen molar-refractivity contribution >= 4 is 29.3 Å². The van der Waals surface area contributed by atoms with E-state index >= 15 is 0 Å². The molecule has 0 aliphatic heterocycles. The maximum Gasteiger partial charge on any atom is 0.332 e. The number of hydrogen-bond donors (Lipinski definition) is 0. The fourth-order valence-electron chi connectivity index (χ4n) is 3.80. The molecule has 0 unspecified atom stereocenters. The van der Waals surface area contributed by atoms with Gasteiger partial charge in [-0.2, -0.15) is 0 Å². The van der Waals surface area contributed by atoms with E-state index in [1.165, 1.54) is 9.13 Å². The van der Waals surface area contributed by atoms with Gasteiger partial charge in [0.2, 0.25) is 0 Å². The molecule has 0 saturated heterocycles. The van der Waals surface area contributed by atoms with E-state index in [0.717, 1.165) is 5.56 Å². The average molecular weight is 485 g/mol. The molecule has 35 heavy (non-hydrogen) atoms. The number of ether oxygens (including phenoxy) is 3. The Hall–Kier alpha value is -3.82. The largest absolute Gasteiger partial charge is 0.493 e. The van der Waals surface area contributed by atoms with Gasteiger partial charge < -0.3 is 18.8 Å². The molecule has 0 atom stereocenters.